The fourth-order valence-electron chi connectivity index (χ4n) is 1.98. The molecule has 4 nitrogen and oxygen atoms in total. The van der Waals surface area contributed by atoms with E-state index in [0.29, 0.717) is 18.2 Å². The Kier molecular flexibility index (Phi) is 3.85. The van der Waals surface area contributed by atoms with Crippen molar-refractivity contribution in [3.63, 3.8) is 0 Å². The van der Waals surface area contributed by atoms with Gasteiger partial charge in [0, 0.05) is 19.7 Å². The summed E-state index contributed by atoms with van der Waals surface area (Å²) < 4.78 is 20.8. The number of aryl methyl sites for hydroxylation is 3. The quantitative estimate of drug-likeness (QED) is 0.921. The number of aromatic nitrogens is 2. The van der Waals surface area contributed by atoms with Gasteiger partial charge in [0.25, 0.3) is 0 Å². The fourth-order valence-corrected chi connectivity index (χ4v) is 1.98. The Morgan fingerprint density at radius 3 is 2.79 bits per heavy atom. The number of nitrogens with zero attached hydrogens (tertiary/aromatic N) is 2. The molecule has 0 aliphatic heterocycles. The SMILES string of the molecule is CNCc1c(C)nn(C)c1Oc1cc(F)ccc1C. The van der Waals surface area contributed by atoms with Crippen LogP contribution in [0.5, 0.6) is 11.6 Å². The molecule has 0 amide bonds. The molecule has 0 spiro atoms. The second kappa shape index (κ2) is 5.40. The Morgan fingerprint density at radius 2 is 2.11 bits per heavy atom. The molecule has 0 unspecified atom stereocenters. The summed E-state index contributed by atoms with van der Waals surface area (Å²) in [6.45, 7) is 4.47. The molecule has 0 aliphatic rings. The van der Waals surface area contributed by atoms with Crippen molar-refractivity contribution in [2.75, 3.05) is 7.05 Å². The van der Waals surface area contributed by atoms with Crippen LogP contribution in [0.3, 0.4) is 0 Å². The maximum atomic E-state index is 13.3. The molecule has 0 aliphatic carbocycles. The van der Waals surface area contributed by atoms with E-state index in [1.54, 1.807) is 10.7 Å². The largest absolute Gasteiger partial charge is 0.439 e. The third-order valence-corrected chi connectivity index (χ3v) is 3.00. The molecule has 1 aromatic carbocycles. The van der Waals surface area contributed by atoms with E-state index in [1.807, 2.05) is 27.9 Å². The van der Waals surface area contributed by atoms with Crippen LogP contribution in [0.2, 0.25) is 0 Å². The van der Waals surface area contributed by atoms with Crippen molar-refractivity contribution in [2.45, 2.75) is 20.4 Å². The molecule has 0 saturated heterocycles. The van der Waals surface area contributed by atoms with E-state index in [2.05, 4.69) is 10.4 Å². The van der Waals surface area contributed by atoms with Crippen molar-refractivity contribution in [1.29, 1.82) is 0 Å². The zero-order valence-electron chi connectivity index (χ0n) is 11.6. The lowest BCUT2D eigenvalue weighted by molar-refractivity contribution is 0.419. The molecule has 0 radical (unpaired) electrons. The van der Waals surface area contributed by atoms with Crippen LogP contribution in [0.1, 0.15) is 16.8 Å². The lowest BCUT2D eigenvalue weighted by Gasteiger charge is -2.11. The maximum Gasteiger partial charge on any atom is 0.222 e. The standard InChI is InChI=1S/C14H18FN3O/c1-9-5-6-11(15)7-13(9)19-14-12(8-16-3)10(2)17-18(14)4/h5-7,16H,8H2,1-4H3. The van der Waals surface area contributed by atoms with Gasteiger partial charge in [0.15, 0.2) is 0 Å². The van der Waals surface area contributed by atoms with Crippen molar-refractivity contribution < 1.29 is 9.13 Å². The third kappa shape index (κ3) is 2.76. The normalized spacial score (nSPS) is 10.8. The highest BCUT2D eigenvalue weighted by Gasteiger charge is 2.15. The molecule has 0 saturated carbocycles. The smallest absolute Gasteiger partial charge is 0.222 e. The first-order chi connectivity index (χ1) is 9.02. The van der Waals surface area contributed by atoms with Gasteiger partial charge in [0.2, 0.25) is 5.88 Å². The molecule has 1 heterocycles. The Hall–Kier alpha value is -1.88. The van der Waals surface area contributed by atoms with Gasteiger partial charge in [-0.25, -0.2) is 9.07 Å². The predicted molar refractivity (Wildman–Crippen MR) is 71.9 cm³/mol. The minimum absolute atomic E-state index is 0.311. The molecular weight excluding hydrogens is 245 g/mol. The van der Waals surface area contributed by atoms with E-state index < -0.39 is 0 Å². The number of hydrogen-bond acceptors (Lipinski definition) is 3. The summed E-state index contributed by atoms with van der Waals surface area (Å²) in [5.41, 5.74) is 2.77. The van der Waals surface area contributed by atoms with Gasteiger partial charge >= 0.3 is 0 Å². The van der Waals surface area contributed by atoms with Crippen LogP contribution >= 0.6 is 0 Å². The average Bonchev–Trinajstić information content (AvgIpc) is 2.61. The van der Waals surface area contributed by atoms with Gasteiger partial charge in [0.05, 0.1) is 11.3 Å². The van der Waals surface area contributed by atoms with Crippen molar-refractivity contribution in [2.24, 2.45) is 7.05 Å². The highest BCUT2D eigenvalue weighted by molar-refractivity contribution is 5.39. The highest BCUT2D eigenvalue weighted by Crippen LogP contribution is 2.29. The zero-order chi connectivity index (χ0) is 14.0. The first kappa shape index (κ1) is 13.5. The predicted octanol–water partition coefficient (Wildman–Crippen LogP) is 2.69. The summed E-state index contributed by atoms with van der Waals surface area (Å²) in [5.74, 6) is 0.843. The Labute approximate surface area is 112 Å². The van der Waals surface area contributed by atoms with E-state index in [1.165, 1.54) is 12.1 Å². The summed E-state index contributed by atoms with van der Waals surface area (Å²) in [6.07, 6.45) is 0. The van der Waals surface area contributed by atoms with Crippen LogP contribution in [0, 0.1) is 19.7 Å². The Morgan fingerprint density at radius 1 is 1.37 bits per heavy atom. The molecular formula is C14H18FN3O. The monoisotopic (exact) mass is 263 g/mol. The second-order valence-electron chi connectivity index (χ2n) is 4.53. The van der Waals surface area contributed by atoms with Crippen LogP contribution in [0.15, 0.2) is 18.2 Å². The van der Waals surface area contributed by atoms with E-state index in [9.17, 15) is 4.39 Å². The van der Waals surface area contributed by atoms with Crippen molar-refractivity contribution in [1.82, 2.24) is 15.1 Å². The lowest BCUT2D eigenvalue weighted by atomic mass is 10.2. The van der Waals surface area contributed by atoms with E-state index >= 15 is 0 Å². The first-order valence-corrected chi connectivity index (χ1v) is 6.14. The summed E-state index contributed by atoms with van der Waals surface area (Å²) in [5, 5.41) is 7.42. The second-order valence-corrected chi connectivity index (χ2v) is 4.53. The number of benzene rings is 1. The van der Waals surface area contributed by atoms with E-state index in [4.69, 9.17) is 4.74 Å². The van der Waals surface area contributed by atoms with Gasteiger partial charge in [-0.3, -0.25) is 0 Å². The van der Waals surface area contributed by atoms with Crippen molar-refractivity contribution in [3.05, 3.63) is 40.8 Å². The lowest BCUT2D eigenvalue weighted by Crippen LogP contribution is -2.07. The first-order valence-electron chi connectivity index (χ1n) is 6.14. The minimum Gasteiger partial charge on any atom is -0.439 e. The van der Waals surface area contributed by atoms with Gasteiger partial charge in [0.1, 0.15) is 11.6 Å². The molecule has 5 heteroatoms. The van der Waals surface area contributed by atoms with Crippen LogP contribution in [-0.2, 0) is 13.6 Å². The molecule has 0 atom stereocenters. The molecule has 1 aromatic heterocycles. The van der Waals surface area contributed by atoms with Crippen LogP contribution in [-0.4, -0.2) is 16.8 Å². The van der Waals surface area contributed by atoms with Crippen LogP contribution in [0.25, 0.3) is 0 Å². The van der Waals surface area contributed by atoms with E-state index in [-0.39, 0.29) is 5.82 Å². The zero-order valence-corrected chi connectivity index (χ0v) is 11.6. The third-order valence-electron chi connectivity index (χ3n) is 3.00. The summed E-state index contributed by atoms with van der Waals surface area (Å²) in [4.78, 5) is 0. The molecule has 102 valence electrons. The molecule has 2 rings (SSSR count). The fraction of sp³-hybridized carbons (Fsp3) is 0.357. The number of hydrogen-bond donors (Lipinski definition) is 1. The van der Waals surface area contributed by atoms with Gasteiger partial charge < -0.3 is 10.1 Å². The summed E-state index contributed by atoms with van der Waals surface area (Å²) >= 11 is 0. The number of halogens is 1. The molecule has 0 bridgehead atoms. The number of nitrogens with one attached hydrogen (secondary N) is 1. The van der Waals surface area contributed by atoms with Crippen LogP contribution < -0.4 is 10.1 Å². The van der Waals surface area contributed by atoms with Crippen molar-refractivity contribution >= 4 is 0 Å². The Bertz CT molecular complexity index is 593. The molecule has 19 heavy (non-hydrogen) atoms. The van der Waals surface area contributed by atoms with Gasteiger partial charge in [-0.1, -0.05) is 6.07 Å². The summed E-state index contributed by atoms with van der Waals surface area (Å²) in [7, 11) is 3.68. The maximum absolute atomic E-state index is 13.3. The van der Waals surface area contributed by atoms with Gasteiger partial charge in [-0.2, -0.15) is 5.10 Å². The molecule has 2 aromatic rings. The van der Waals surface area contributed by atoms with Gasteiger partial charge in [-0.05, 0) is 32.5 Å². The average molecular weight is 263 g/mol. The van der Waals surface area contributed by atoms with E-state index in [0.717, 1.165) is 16.8 Å². The highest BCUT2D eigenvalue weighted by atomic mass is 19.1. The summed E-state index contributed by atoms with van der Waals surface area (Å²) in [6, 6.07) is 4.51. The topological polar surface area (TPSA) is 39.1 Å². The molecule has 0 fully saturated rings. The Balaban J connectivity index is 2.40. The van der Waals surface area contributed by atoms with Crippen molar-refractivity contribution in [3.8, 4) is 11.6 Å². The van der Waals surface area contributed by atoms with Crippen LogP contribution in [0.4, 0.5) is 4.39 Å². The number of ether oxygens (including phenoxy) is 1. The number of rotatable bonds is 4. The minimum atomic E-state index is -0.311. The van der Waals surface area contributed by atoms with Gasteiger partial charge in [-0.15, -0.1) is 0 Å². The molecule has 1 N–H and O–H groups in total.